The van der Waals surface area contributed by atoms with E-state index in [4.69, 9.17) is 27.9 Å². The topological polar surface area (TPSA) is 160 Å². The highest BCUT2D eigenvalue weighted by atomic mass is 79.9. The molecule has 0 unspecified atom stereocenters. The molecule has 5 N–H and O–H groups in total. The van der Waals surface area contributed by atoms with Crippen LogP contribution in [0, 0.1) is 0 Å². The number of urea groups is 2. The number of benzene rings is 4. The highest BCUT2D eigenvalue weighted by Crippen LogP contribution is 2.38. The monoisotopic (exact) mass is 945 g/mol. The largest absolute Gasteiger partial charge is 0.507 e. The summed E-state index contributed by atoms with van der Waals surface area (Å²) in [5, 5.41) is 30.9. The number of nitrogens with one attached hydrogen (secondary N) is 4. The minimum Gasteiger partial charge on any atom is -0.507 e. The lowest BCUT2D eigenvalue weighted by molar-refractivity contribution is 0.261. The van der Waals surface area contributed by atoms with Gasteiger partial charge < -0.3 is 31.1 Å². The maximum atomic E-state index is 12.5. The van der Waals surface area contributed by atoms with E-state index in [1.54, 1.807) is 108 Å². The first-order chi connectivity index (χ1) is 27.9. The molecule has 0 spiro atoms. The second-order valence-electron chi connectivity index (χ2n) is 12.5. The molecular weight excluding hydrogens is 913 g/mol. The average Bonchev–Trinajstić information content (AvgIpc) is 3.73. The number of aromatic nitrogens is 5. The molecule has 0 aliphatic rings. The normalized spacial score (nSPS) is 10.6. The molecule has 4 aromatic carbocycles. The summed E-state index contributed by atoms with van der Waals surface area (Å²) in [4.78, 5) is 28.7. The Labute approximate surface area is 360 Å². The molecule has 7 aromatic rings. The number of pyridine rings is 1. The van der Waals surface area contributed by atoms with E-state index in [0.29, 0.717) is 56.4 Å². The molecule has 0 aliphatic heterocycles. The lowest BCUT2D eigenvalue weighted by Crippen LogP contribution is -2.19. The number of nitrogens with zero attached hydrogens (tertiary/aromatic N) is 5. The van der Waals surface area contributed by atoms with Crippen LogP contribution in [0.2, 0.25) is 10.0 Å². The molecule has 0 bridgehead atoms. The van der Waals surface area contributed by atoms with Crippen molar-refractivity contribution in [3.05, 3.63) is 146 Å². The lowest BCUT2D eigenvalue weighted by atomic mass is 10.1. The minimum atomic E-state index is -0.400. The van der Waals surface area contributed by atoms with Crippen LogP contribution in [0.3, 0.4) is 0 Å². The zero-order chi connectivity index (χ0) is 41.2. The van der Waals surface area contributed by atoms with Crippen LogP contribution in [0.15, 0.2) is 131 Å². The van der Waals surface area contributed by atoms with Crippen LogP contribution < -0.4 is 26.0 Å². The molecule has 58 heavy (non-hydrogen) atoms. The third-order valence-electron chi connectivity index (χ3n) is 8.39. The van der Waals surface area contributed by atoms with Gasteiger partial charge in [-0.15, -0.1) is 0 Å². The molecule has 0 saturated heterocycles. The number of hydrogen-bond acceptors (Lipinski definition) is 7. The van der Waals surface area contributed by atoms with Gasteiger partial charge in [-0.25, -0.2) is 9.59 Å². The van der Waals surface area contributed by atoms with Crippen molar-refractivity contribution in [2.45, 2.75) is 6.42 Å². The molecule has 0 fully saturated rings. The molecule has 0 aliphatic carbocycles. The van der Waals surface area contributed by atoms with Gasteiger partial charge in [0.1, 0.15) is 11.5 Å². The molecule has 4 amide bonds. The van der Waals surface area contributed by atoms with E-state index < -0.39 is 6.03 Å². The highest BCUT2D eigenvalue weighted by molar-refractivity contribution is 9.11. The van der Waals surface area contributed by atoms with Crippen molar-refractivity contribution in [1.82, 2.24) is 24.5 Å². The smallest absolute Gasteiger partial charge is 0.323 e. The third kappa shape index (κ3) is 11.2. The molecule has 0 atom stereocenters. The first-order valence-electron chi connectivity index (χ1n) is 17.4. The summed E-state index contributed by atoms with van der Waals surface area (Å²) in [6, 6.07) is 27.2. The Morgan fingerprint density at radius 1 is 0.655 bits per heavy atom. The SMILES string of the molecule is Cn1ncc(Br)c1-c1cc(NC(=O)Nc2ccc(Cl)cc2)ccc1O.Cn1ncc(Br)c1-c1cc(NC(=O)Nc2ccc(Cl)cc2)ccc1OCCc1ccncc1. The van der Waals surface area contributed by atoms with Crippen molar-refractivity contribution in [3.63, 3.8) is 0 Å². The fourth-order valence-electron chi connectivity index (χ4n) is 5.63. The Morgan fingerprint density at radius 3 is 1.60 bits per heavy atom. The summed E-state index contributed by atoms with van der Waals surface area (Å²) in [7, 11) is 3.63. The zero-order valence-electron chi connectivity index (χ0n) is 30.9. The molecule has 3 aromatic heterocycles. The van der Waals surface area contributed by atoms with Crippen molar-refractivity contribution in [2.75, 3.05) is 27.9 Å². The number of anilines is 4. The number of phenolic OH excluding ortho intramolecular Hbond substituents is 1. The van der Waals surface area contributed by atoms with E-state index in [-0.39, 0.29) is 11.8 Å². The minimum absolute atomic E-state index is 0.0907. The summed E-state index contributed by atoms with van der Waals surface area (Å²) in [6.45, 7) is 0.496. The molecule has 13 nitrogen and oxygen atoms in total. The highest BCUT2D eigenvalue weighted by Gasteiger charge is 2.17. The Hall–Kier alpha value is -5.87. The van der Waals surface area contributed by atoms with Gasteiger partial charge in [0, 0.05) is 76.8 Å². The van der Waals surface area contributed by atoms with Gasteiger partial charge >= 0.3 is 12.1 Å². The van der Waals surface area contributed by atoms with Gasteiger partial charge in [0.2, 0.25) is 0 Å². The zero-order valence-corrected chi connectivity index (χ0v) is 35.6. The fraction of sp³-hybridized carbons (Fsp3) is 0.0976. The first-order valence-corrected chi connectivity index (χ1v) is 19.8. The van der Waals surface area contributed by atoms with Crippen molar-refractivity contribution in [1.29, 1.82) is 0 Å². The number of carbonyl (C=O) groups excluding carboxylic acids is 2. The summed E-state index contributed by atoms with van der Waals surface area (Å²) in [6.07, 6.45) is 7.65. The van der Waals surface area contributed by atoms with Crippen molar-refractivity contribution < 1.29 is 19.4 Å². The lowest BCUT2D eigenvalue weighted by Gasteiger charge is -2.15. The van der Waals surface area contributed by atoms with Crippen LogP contribution in [-0.2, 0) is 20.5 Å². The van der Waals surface area contributed by atoms with Gasteiger partial charge in [-0.1, -0.05) is 23.2 Å². The maximum absolute atomic E-state index is 12.5. The van der Waals surface area contributed by atoms with Crippen LogP contribution >= 0.6 is 55.1 Å². The average molecular weight is 949 g/mol. The van der Waals surface area contributed by atoms with Gasteiger partial charge in [-0.2, -0.15) is 10.2 Å². The number of rotatable bonds is 10. The Balaban J connectivity index is 0.000000203. The Bertz CT molecular complexity index is 2480. The van der Waals surface area contributed by atoms with Crippen LogP contribution in [0.25, 0.3) is 22.5 Å². The molecule has 0 saturated carbocycles. The molecule has 17 heteroatoms. The van der Waals surface area contributed by atoms with Gasteiger partial charge in [-0.3, -0.25) is 14.3 Å². The summed E-state index contributed by atoms with van der Waals surface area (Å²) < 4.78 is 11.1. The quantitative estimate of drug-likeness (QED) is 0.0853. The molecule has 3 heterocycles. The summed E-state index contributed by atoms with van der Waals surface area (Å²) >= 11 is 18.7. The maximum Gasteiger partial charge on any atom is 0.323 e. The van der Waals surface area contributed by atoms with Crippen molar-refractivity contribution in [2.24, 2.45) is 14.1 Å². The predicted molar refractivity (Wildman–Crippen MR) is 236 cm³/mol. The molecule has 7 rings (SSSR count). The summed E-state index contributed by atoms with van der Waals surface area (Å²) in [5.41, 5.74) is 6.47. The van der Waals surface area contributed by atoms with E-state index in [1.165, 1.54) is 6.07 Å². The van der Waals surface area contributed by atoms with E-state index in [0.717, 1.165) is 32.2 Å². The number of ether oxygens (including phenoxy) is 1. The third-order valence-corrected chi connectivity index (χ3v) is 10.1. The van der Waals surface area contributed by atoms with Crippen LogP contribution in [-0.4, -0.2) is 48.3 Å². The molecule has 0 radical (unpaired) electrons. The van der Waals surface area contributed by atoms with Crippen LogP contribution in [0.4, 0.5) is 32.3 Å². The number of halogens is 4. The second-order valence-corrected chi connectivity index (χ2v) is 15.1. The Kier molecular flexibility index (Phi) is 14.1. The number of carbonyl (C=O) groups is 2. The standard InChI is InChI=1S/C24H21BrClN5O2.C17H14BrClN4O2/c1-31-23(21(25)15-28-31)20-14-19(30-24(32)29-18-4-2-17(26)3-5-18)6-7-22(20)33-13-10-16-8-11-27-12-9-16;1-23-16(14(18)9-20-23)13-8-12(6-7-15(13)24)22-17(25)21-11-4-2-10(19)3-5-11/h2-9,11-12,14-15H,10,13H2,1H3,(H2,29,30,32);2-9,24H,1H3,(H2,21,22,25). The van der Waals surface area contributed by atoms with Crippen LogP contribution in [0.5, 0.6) is 11.5 Å². The predicted octanol–water partition coefficient (Wildman–Crippen LogP) is 11.0. The van der Waals surface area contributed by atoms with Gasteiger partial charge in [0.05, 0.1) is 39.3 Å². The van der Waals surface area contributed by atoms with Crippen LogP contribution in [0.1, 0.15) is 5.56 Å². The number of phenols is 1. The number of aromatic hydroxyl groups is 1. The van der Waals surface area contributed by atoms with E-state index in [1.807, 2.05) is 31.3 Å². The number of amides is 4. The van der Waals surface area contributed by atoms with Gasteiger partial charge in [0.15, 0.2) is 0 Å². The van der Waals surface area contributed by atoms with Gasteiger partial charge in [0.25, 0.3) is 0 Å². The summed E-state index contributed by atoms with van der Waals surface area (Å²) in [5.74, 6) is 0.782. The second kappa shape index (κ2) is 19.5. The van der Waals surface area contributed by atoms with E-state index in [2.05, 4.69) is 68.3 Å². The van der Waals surface area contributed by atoms with E-state index >= 15 is 0 Å². The number of aryl methyl sites for hydroxylation is 2. The fourth-order valence-corrected chi connectivity index (χ4v) is 7.01. The van der Waals surface area contributed by atoms with Gasteiger partial charge in [-0.05, 0) is 134 Å². The van der Waals surface area contributed by atoms with E-state index in [9.17, 15) is 14.7 Å². The molecular formula is C41H35Br2Cl2N9O4. The number of hydrogen-bond donors (Lipinski definition) is 5. The van der Waals surface area contributed by atoms with Crippen molar-refractivity contribution in [3.8, 4) is 34.0 Å². The molecule has 296 valence electrons. The Morgan fingerprint density at radius 2 is 1.10 bits per heavy atom. The first kappa shape index (κ1) is 41.8. The van der Waals surface area contributed by atoms with Crippen molar-refractivity contribution >= 4 is 89.9 Å².